The molecule has 1 heterocycles. The molecule has 0 N–H and O–H groups in total. The first-order valence-corrected chi connectivity index (χ1v) is 6.81. The fourth-order valence-corrected chi connectivity index (χ4v) is 3.88. The van der Waals surface area contributed by atoms with Crippen molar-refractivity contribution >= 4 is 34.4 Å². The van der Waals surface area contributed by atoms with E-state index in [-0.39, 0.29) is 0 Å². The smallest absolute Gasteiger partial charge is 0.0379 e. The fourth-order valence-electron chi connectivity index (χ4n) is 1.52. The average molecular weight is 299 g/mol. The number of hydrogen-bond donors (Lipinski definition) is 0. The van der Waals surface area contributed by atoms with Crippen molar-refractivity contribution in [1.29, 1.82) is 0 Å². The maximum atomic E-state index is 2.60. The minimum atomic E-state index is 0.714. The molecule has 0 aromatic rings. The second-order valence-corrected chi connectivity index (χ2v) is 6.59. The summed E-state index contributed by atoms with van der Waals surface area (Å²) in [7, 11) is 2.25. The number of thioether (sulfide) groups is 1. The molecule has 72 valence electrons. The Morgan fingerprint density at radius 3 is 2.50 bits per heavy atom. The highest BCUT2D eigenvalue weighted by atomic mass is 127. The molecule has 1 aliphatic heterocycles. The molecule has 1 nitrogen and oxygen atoms in total. The number of nitrogens with zero attached hydrogens (tertiary/aromatic N) is 1. The second kappa shape index (κ2) is 4.51. The second-order valence-electron chi connectivity index (χ2n) is 3.74. The van der Waals surface area contributed by atoms with Gasteiger partial charge in [-0.3, -0.25) is 4.90 Å². The van der Waals surface area contributed by atoms with Gasteiger partial charge in [-0.25, -0.2) is 0 Å². The molecule has 0 aromatic carbocycles. The number of alkyl halides is 1. The van der Waals surface area contributed by atoms with Crippen molar-refractivity contribution in [3.05, 3.63) is 0 Å². The molecule has 0 aliphatic carbocycles. The predicted molar refractivity (Wildman–Crippen MR) is 66.4 cm³/mol. The molecule has 0 aromatic heterocycles. The van der Waals surface area contributed by atoms with Crippen LogP contribution in [0.1, 0.15) is 20.8 Å². The molecule has 0 amide bonds. The SMILES string of the molecule is CC1SCC(C)N(C)C(C)C1I. The van der Waals surface area contributed by atoms with Crippen LogP contribution < -0.4 is 0 Å². The van der Waals surface area contributed by atoms with Crippen LogP contribution in [0.25, 0.3) is 0 Å². The Hall–Kier alpha value is 1.04. The van der Waals surface area contributed by atoms with Crippen molar-refractivity contribution in [1.82, 2.24) is 4.90 Å². The lowest BCUT2D eigenvalue weighted by atomic mass is 10.1. The topological polar surface area (TPSA) is 3.24 Å². The molecule has 12 heavy (non-hydrogen) atoms. The molecule has 4 atom stereocenters. The number of rotatable bonds is 0. The molecular weight excluding hydrogens is 281 g/mol. The van der Waals surface area contributed by atoms with Crippen LogP contribution in [0.3, 0.4) is 0 Å². The largest absolute Gasteiger partial charge is 0.299 e. The van der Waals surface area contributed by atoms with E-state index in [4.69, 9.17) is 0 Å². The summed E-state index contributed by atoms with van der Waals surface area (Å²) in [5, 5.41) is 0.799. The summed E-state index contributed by atoms with van der Waals surface area (Å²) in [6.45, 7) is 7.02. The average Bonchev–Trinajstić information content (AvgIpc) is 2.14. The summed E-state index contributed by atoms with van der Waals surface area (Å²) < 4.78 is 0.780. The van der Waals surface area contributed by atoms with E-state index in [9.17, 15) is 0 Å². The summed E-state index contributed by atoms with van der Waals surface area (Å²) >= 11 is 4.71. The highest BCUT2D eigenvalue weighted by Crippen LogP contribution is 2.30. The van der Waals surface area contributed by atoms with Crippen molar-refractivity contribution in [3.63, 3.8) is 0 Å². The van der Waals surface area contributed by atoms with Gasteiger partial charge in [0.25, 0.3) is 0 Å². The molecule has 1 saturated heterocycles. The highest BCUT2D eigenvalue weighted by molar-refractivity contribution is 14.1. The van der Waals surface area contributed by atoms with Gasteiger partial charge in [0.2, 0.25) is 0 Å². The van der Waals surface area contributed by atoms with Crippen LogP contribution in [0.2, 0.25) is 0 Å². The Morgan fingerprint density at radius 2 is 1.92 bits per heavy atom. The lowest BCUT2D eigenvalue weighted by Gasteiger charge is -2.30. The van der Waals surface area contributed by atoms with E-state index in [1.165, 1.54) is 5.75 Å². The van der Waals surface area contributed by atoms with Gasteiger partial charge in [-0.2, -0.15) is 11.8 Å². The van der Waals surface area contributed by atoms with Crippen LogP contribution in [0.5, 0.6) is 0 Å². The third-order valence-electron chi connectivity index (χ3n) is 2.85. The summed E-state index contributed by atoms with van der Waals surface area (Å²) in [4.78, 5) is 2.51. The Kier molecular flexibility index (Phi) is 4.18. The van der Waals surface area contributed by atoms with E-state index >= 15 is 0 Å². The molecule has 3 heteroatoms. The van der Waals surface area contributed by atoms with Crippen LogP contribution in [-0.4, -0.2) is 39.0 Å². The fraction of sp³-hybridized carbons (Fsp3) is 1.00. The monoisotopic (exact) mass is 299 g/mol. The first kappa shape index (κ1) is 11.1. The maximum Gasteiger partial charge on any atom is 0.0379 e. The van der Waals surface area contributed by atoms with Crippen LogP contribution in [-0.2, 0) is 0 Å². The van der Waals surface area contributed by atoms with E-state index in [2.05, 4.69) is 67.1 Å². The standard InChI is InChI=1S/C9H18INS/c1-6-5-12-8(3)9(10)7(2)11(6)4/h6-9H,5H2,1-4H3. The third kappa shape index (κ3) is 2.29. The molecule has 0 spiro atoms. The van der Waals surface area contributed by atoms with Crippen molar-refractivity contribution in [3.8, 4) is 0 Å². The van der Waals surface area contributed by atoms with Gasteiger partial charge in [0, 0.05) is 27.0 Å². The zero-order chi connectivity index (χ0) is 9.30. The Bertz CT molecular complexity index is 137. The molecule has 4 unspecified atom stereocenters. The molecule has 0 bridgehead atoms. The van der Waals surface area contributed by atoms with Crippen LogP contribution >= 0.6 is 34.4 Å². The van der Waals surface area contributed by atoms with Crippen molar-refractivity contribution < 1.29 is 0 Å². The molecule has 1 fully saturated rings. The third-order valence-corrected chi connectivity index (χ3v) is 6.95. The number of halogens is 1. The highest BCUT2D eigenvalue weighted by Gasteiger charge is 2.30. The van der Waals surface area contributed by atoms with Crippen LogP contribution in [0.4, 0.5) is 0 Å². The first-order valence-electron chi connectivity index (χ1n) is 4.51. The summed E-state index contributed by atoms with van der Waals surface area (Å²) in [6, 6.07) is 1.44. The molecule has 0 saturated carbocycles. The summed E-state index contributed by atoms with van der Waals surface area (Å²) in [6.07, 6.45) is 0. The van der Waals surface area contributed by atoms with Gasteiger partial charge in [0.1, 0.15) is 0 Å². The molecule has 0 radical (unpaired) electrons. The minimum absolute atomic E-state index is 0.714. The van der Waals surface area contributed by atoms with E-state index in [0.717, 1.165) is 15.2 Å². The van der Waals surface area contributed by atoms with Gasteiger partial charge in [-0.1, -0.05) is 29.5 Å². The van der Waals surface area contributed by atoms with Crippen LogP contribution in [0, 0.1) is 0 Å². The molecular formula is C9H18INS. The molecule has 1 rings (SSSR count). The van der Waals surface area contributed by atoms with Gasteiger partial charge in [0.05, 0.1) is 0 Å². The summed E-state index contributed by atoms with van der Waals surface area (Å²) in [5.74, 6) is 1.28. The molecule has 1 aliphatic rings. The Morgan fingerprint density at radius 1 is 1.33 bits per heavy atom. The van der Waals surface area contributed by atoms with Crippen molar-refractivity contribution in [2.24, 2.45) is 0 Å². The Balaban J connectivity index is 2.68. The quantitative estimate of drug-likeness (QED) is 0.500. The van der Waals surface area contributed by atoms with Gasteiger partial charge in [-0.05, 0) is 20.9 Å². The van der Waals surface area contributed by atoms with Crippen molar-refractivity contribution in [2.45, 2.75) is 42.0 Å². The zero-order valence-corrected chi connectivity index (χ0v) is 11.2. The van der Waals surface area contributed by atoms with Gasteiger partial charge in [0.15, 0.2) is 0 Å². The van der Waals surface area contributed by atoms with E-state index in [0.29, 0.717) is 6.04 Å². The van der Waals surface area contributed by atoms with Gasteiger partial charge in [-0.15, -0.1) is 0 Å². The van der Waals surface area contributed by atoms with E-state index < -0.39 is 0 Å². The van der Waals surface area contributed by atoms with Gasteiger partial charge < -0.3 is 0 Å². The zero-order valence-electron chi connectivity index (χ0n) is 8.25. The minimum Gasteiger partial charge on any atom is -0.299 e. The van der Waals surface area contributed by atoms with E-state index in [1.54, 1.807) is 0 Å². The lowest BCUT2D eigenvalue weighted by Crippen LogP contribution is -2.42. The maximum absolute atomic E-state index is 2.60. The van der Waals surface area contributed by atoms with E-state index in [1.807, 2.05) is 0 Å². The first-order chi connectivity index (χ1) is 5.54. The van der Waals surface area contributed by atoms with Gasteiger partial charge >= 0.3 is 0 Å². The number of hydrogen-bond acceptors (Lipinski definition) is 2. The summed E-state index contributed by atoms with van der Waals surface area (Å²) in [5.41, 5.74) is 0. The normalized spacial score (nSPS) is 45.8. The van der Waals surface area contributed by atoms with Crippen LogP contribution in [0.15, 0.2) is 0 Å². The lowest BCUT2D eigenvalue weighted by molar-refractivity contribution is 0.215. The van der Waals surface area contributed by atoms with Crippen molar-refractivity contribution in [2.75, 3.05) is 12.8 Å². The Labute approximate surface area is 93.8 Å². The predicted octanol–water partition coefficient (Wildman–Crippen LogP) is 2.63.